The summed E-state index contributed by atoms with van der Waals surface area (Å²) in [5, 5.41) is 2.58. The number of fused-ring (bicyclic) bond motifs is 3. The zero-order chi connectivity index (χ0) is 21.6. The third kappa shape index (κ3) is 3.41. The van der Waals surface area contributed by atoms with Gasteiger partial charge < -0.3 is 24.3 Å². The maximum Gasteiger partial charge on any atom is 0.269 e. The number of hydrogen-bond donors (Lipinski definition) is 1. The number of nitrogens with one attached hydrogen (secondary N) is 1. The summed E-state index contributed by atoms with van der Waals surface area (Å²) >= 11 is 0. The summed E-state index contributed by atoms with van der Waals surface area (Å²) in [5.41, 5.74) is 2.15. The zero-order valence-electron chi connectivity index (χ0n) is 17.9. The average molecular weight is 423 g/mol. The van der Waals surface area contributed by atoms with Gasteiger partial charge in [0.1, 0.15) is 17.1 Å². The lowest BCUT2D eigenvalue weighted by atomic mass is 10.1. The van der Waals surface area contributed by atoms with Crippen LogP contribution in [-0.2, 0) is 21.6 Å². The molecule has 162 valence electrons. The number of nitrogens with zero attached hydrogens (tertiary/aromatic N) is 6. The third-order valence-electron chi connectivity index (χ3n) is 5.68. The predicted octanol–water partition coefficient (Wildman–Crippen LogP) is 1.35. The van der Waals surface area contributed by atoms with E-state index in [2.05, 4.69) is 19.8 Å². The summed E-state index contributed by atoms with van der Waals surface area (Å²) in [7, 11) is 1.58. The van der Waals surface area contributed by atoms with Crippen LogP contribution in [0.5, 0.6) is 0 Å². The summed E-state index contributed by atoms with van der Waals surface area (Å²) in [6.07, 6.45) is 1.63. The van der Waals surface area contributed by atoms with Gasteiger partial charge in [-0.1, -0.05) is 0 Å². The zero-order valence-corrected chi connectivity index (χ0v) is 17.9. The highest BCUT2D eigenvalue weighted by Gasteiger charge is 2.34. The lowest BCUT2D eigenvalue weighted by Gasteiger charge is -2.30. The van der Waals surface area contributed by atoms with E-state index >= 15 is 0 Å². The van der Waals surface area contributed by atoms with E-state index in [0.29, 0.717) is 37.9 Å². The van der Waals surface area contributed by atoms with E-state index in [0.717, 1.165) is 41.5 Å². The predicted molar refractivity (Wildman–Crippen MR) is 114 cm³/mol. The minimum absolute atomic E-state index is 0.232. The third-order valence-corrected chi connectivity index (χ3v) is 5.68. The molecule has 3 aromatic rings. The Kier molecular flexibility index (Phi) is 4.82. The molecule has 2 aliphatic rings. The monoisotopic (exact) mass is 423 g/mol. The van der Waals surface area contributed by atoms with Gasteiger partial charge in [0.25, 0.3) is 5.91 Å². The largest absolute Gasteiger partial charge is 0.378 e. The number of aromatic nitrogens is 5. The van der Waals surface area contributed by atoms with Crippen molar-refractivity contribution >= 4 is 22.9 Å². The van der Waals surface area contributed by atoms with E-state index in [1.165, 1.54) is 0 Å². The van der Waals surface area contributed by atoms with Crippen molar-refractivity contribution in [3.63, 3.8) is 0 Å². The summed E-state index contributed by atoms with van der Waals surface area (Å²) in [4.78, 5) is 33.0. The van der Waals surface area contributed by atoms with Crippen molar-refractivity contribution < 1.29 is 14.3 Å². The first kappa shape index (κ1) is 19.8. The Hall–Kier alpha value is -3.11. The van der Waals surface area contributed by atoms with Crippen molar-refractivity contribution in [1.29, 1.82) is 0 Å². The van der Waals surface area contributed by atoms with Gasteiger partial charge in [-0.2, -0.15) is 0 Å². The Morgan fingerprint density at radius 3 is 2.61 bits per heavy atom. The molecule has 0 spiro atoms. The molecular formula is C21H25N7O3. The van der Waals surface area contributed by atoms with Gasteiger partial charge in [-0.15, -0.1) is 0 Å². The fourth-order valence-corrected chi connectivity index (χ4v) is 4.03. The standard InChI is InChI=1S/C21H25N7O3/c1-21(2)20-24-15-17(27-6-9-30-10-7-27)25-16(26-18(15)28(20)8-11-31-21)13-4-5-14(23-12-13)19(29)22-3/h4-5,12H,6-11H2,1-3H3,(H,22,29). The number of hydrogen-bond acceptors (Lipinski definition) is 8. The maximum atomic E-state index is 11.8. The number of carbonyl (C=O) groups is 1. The van der Waals surface area contributed by atoms with Crippen LogP contribution in [0.2, 0.25) is 0 Å². The smallest absolute Gasteiger partial charge is 0.269 e. The van der Waals surface area contributed by atoms with Crippen LogP contribution >= 0.6 is 0 Å². The molecule has 2 aliphatic heterocycles. The SMILES string of the molecule is CNC(=O)c1ccc(-c2nc(N3CCOCC3)c3nc4n(c3n2)CCOC4(C)C)cn1. The first-order chi connectivity index (χ1) is 15.0. The van der Waals surface area contributed by atoms with Crippen molar-refractivity contribution in [2.24, 2.45) is 0 Å². The number of morpholine rings is 1. The van der Waals surface area contributed by atoms with E-state index in [1.807, 2.05) is 19.9 Å². The van der Waals surface area contributed by atoms with Crippen molar-refractivity contribution in [3.8, 4) is 11.4 Å². The average Bonchev–Trinajstić information content (AvgIpc) is 3.19. The van der Waals surface area contributed by atoms with Gasteiger partial charge in [0.15, 0.2) is 22.8 Å². The first-order valence-corrected chi connectivity index (χ1v) is 10.4. The quantitative estimate of drug-likeness (QED) is 0.673. The first-order valence-electron chi connectivity index (χ1n) is 10.4. The Labute approximate surface area is 179 Å². The van der Waals surface area contributed by atoms with Gasteiger partial charge in [0.2, 0.25) is 0 Å². The van der Waals surface area contributed by atoms with Crippen LogP contribution in [-0.4, -0.2) is 70.4 Å². The molecule has 10 nitrogen and oxygen atoms in total. The van der Waals surface area contributed by atoms with Gasteiger partial charge in [-0.05, 0) is 26.0 Å². The van der Waals surface area contributed by atoms with Crippen LogP contribution in [0.1, 0.15) is 30.2 Å². The molecule has 5 rings (SSSR count). The molecule has 1 amide bonds. The summed E-state index contributed by atoms with van der Waals surface area (Å²) < 4.78 is 13.6. The van der Waals surface area contributed by atoms with E-state index in [9.17, 15) is 4.79 Å². The number of anilines is 1. The molecule has 0 atom stereocenters. The lowest BCUT2D eigenvalue weighted by molar-refractivity contribution is -0.0530. The van der Waals surface area contributed by atoms with Gasteiger partial charge >= 0.3 is 0 Å². The molecule has 0 aliphatic carbocycles. The summed E-state index contributed by atoms with van der Waals surface area (Å²) in [6.45, 7) is 8.09. The highest BCUT2D eigenvalue weighted by molar-refractivity contribution is 5.92. The maximum absolute atomic E-state index is 11.8. The van der Waals surface area contributed by atoms with Crippen LogP contribution in [0, 0.1) is 0 Å². The molecule has 1 fully saturated rings. The van der Waals surface area contributed by atoms with Crippen LogP contribution in [0.15, 0.2) is 18.3 Å². The molecule has 10 heteroatoms. The number of carbonyl (C=O) groups excluding carboxylic acids is 1. The van der Waals surface area contributed by atoms with Gasteiger partial charge in [0, 0.05) is 38.4 Å². The van der Waals surface area contributed by atoms with Crippen molar-refractivity contribution in [2.45, 2.75) is 26.0 Å². The normalized spacial score (nSPS) is 18.1. The molecule has 0 radical (unpaired) electrons. The van der Waals surface area contributed by atoms with E-state index < -0.39 is 5.60 Å². The minimum atomic E-state index is -0.502. The number of ether oxygens (including phenoxy) is 2. The molecule has 1 N–H and O–H groups in total. The second-order valence-corrected chi connectivity index (χ2v) is 8.10. The van der Waals surface area contributed by atoms with Gasteiger partial charge in [-0.3, -0.25) is 9.78 Å². The highest BCUT2D eigenvalue weighted by Crippen LogP contribution is 2.35. The number of rotatable bonds is 3. The van der Waals surface area contributed by atoms with Crippen LogP contribution in [0.4, 0.5) is 5.82 Å². The van der Waals surface area contributed by atoms with E-state index in [4.69, 9.17) is 24.4 Å². The van der Waals surface area contributed by atoms with Crippen LogP contribution < -0.4 is 10.2 Å². The summed E-state index contributed by atoms with van der Waals surface area (Å²) in [6, 6.07) is 3.50. The molecule has 0 aromatic carbocycles. The Bertz CT molecular complexity index is 1130. The summed E-state index contributed by atoms with van der Waals surface area (Å²) in [5.74, 6) is 1.96. The number of pyridine rings is 1. The molecule has 1 saturated heterocycles. The van der Waals surface area contributed by atoms with Crippen LogP contribution in [0.3, 0.4) is 0 Å². The molecule has 0 saturated carbocycles. The van der Waals surface area contributed by atoms with Crippen molar-refractivity contribution in [3.05, 3.63) is 29.8 Å². The second kappa shape index (κ2) is 7.54. The van der Waals surface area contributed by atoms with Crippen molar-refractivity contribution in [1.82, 2.24) is 29.8 Å². The van der Waals surface area contributed by atoms with E-state index in [1.54, 1.807) is 19.3 Å². The molecular weight excluding hydrogens is 398 g/mol. The molecule has 0 unspecified atom stereocenters. The number of amides is 1. The molecule has 31 heavy (non-hydrogen) atoms. The molecule has 3 aromatic heterocycles. The molecule has 0 bridgehead atoms. The Balaban J connectivity index is 1.68. The fourth-order valence-electron chi connectivity index (χ4n) is 4.03. The lowest BCUT2D eigenvalue weighted by Crippen LogP contribution is -2.37. The van der Waals surface area contributed by atoms with Crippen molar-refractivity contribution in [2.75, 3.05) is 44.9 Å². The highest BCUT2D eigenvalue weighted by atomic mass is 16.5. The van der Waals surface area contributed by atoms with Gasteiger partial charge in [0.05, 0.1) is 19.8 Å². The number of imidazole rings is 1. The topological polar surface area (TPSA) is 107 Å². The fraction of sp³-hybridized carbons (Fsp3) is 0.476. The second-order valence-electron chi connectivity index (χ2n) is 8.10. The minimum Gasteiger partial charge on any atom is -0.378 e. The van der Waals surface area contributed by atoms with Gasteiger partial charge in [-0.25, -0.2) is 15.0 Å². The Morgan fingerprint density at radius 2 is 1.90 bits per heavy atom. The Morgan fingerprint density at radius 1 is 1.10 bits per heavy atom. The van der Waals surface area contributed by atoms with E-state index in [-0.39, 0.29) is 5.91 Å². The van der Waals surface area contributed by atoms with Crippen LogP contribution in [0.25, 0.3) is 22.6 Å². The molecule has 5 heterocycles.